The zero-order valence-electron chi connectivity index (χ0n) is 34.4. The van der Waals surface area contributed by atoms with Gasteiger partial charge in [0.25, 0.3) is 5.91 Å². The summed E-state index contributed by atoms with van der Waals surface area (Å²) < 4.78 is 14.2. The van der Waals surface area contributed by atoms with Crippen molar-refractivity contribution in [2.75, 3.05) is 20.3 Å². The lowest BCUT2D eigenvalue weighted by Crippen LogP contribution is -2.60. The van der Waals surface area contributed by atoms with Crippen molar-refractivity contribution >= 4 is 28.7 Å². The monoisotopic (exact) mass is 785 g/mol. The lowest BCUT2D eigenvalue weighted by atomic mass is 9.84. The van der Waals surface area contributed by atoms with Crippen molar-refractivity contribution in [2.45, 2.75) is 97.4 Å². The van der Waals surface area contributed by atoms with Crippen LogP contribution >= 0.6 is 0 Å². The number of aromatic hydroxyl groups is 1. The number of aryl methyl sites for hydroxylation is 1. The van der Waals surface area contributed by atoms with Gasteiger partial charge >= 0.3 is 5.97 Å². The standard InChI is InChI=1S/C47H55N5O6/c1-7-51-41-18-17-33-26-37(41)38(44(51)36-15-11-19-48-43(36)30(3)57-6)27-47(4,5)28-58-46(56)39-16-12-20-52(50-39)45(55)40(24-31-22-34(33)25-35(53)23-31)49-42(54)21-29(2)32-13-9-8-10-14-32/h8-11,13-15,17-19,22-23,25-26,29-30,39-40,50,53H,7,12,16,20-21,24,27-28H2,1-6H3,(H,49,54)/t29?,30-,39-,40-/m0/s1. The van der Waals surface area contributed by atoms with Crippen LogP contribution in [0.15, 0.2) is 85.1 Å². The van der Waals surface area contributed by atoms with E-state index in [0.29, 0.717) is 37.9 Å². The van der Waals surface area contributed by atoms with E-state index in [0.717, 1.165) is 50.1 Å². The largest absolute Gasteiger partial charge is 0.508 e. The first-order valence-corrected chi connectivity index (χ1v) is 20.4. The highest BCUT2D eigenvalue weighted by Crippen LogP contribution is 2.42. The number of cyclic esters (lactones) is 1. The summed E-state index contributed by atoms with van der Waals surface area (Å²) in [6.45, 7) is 11.5. The van der Waals surface area contributed by atoms with Crippen LogP contribution in [0.1, 0.15) is 88.3 Å². The van der Waals surface area contributed by atoms with Gasteiger partial charge in [-0.2, -0.15) is 0 Å². The van der Waals surface area contributed by atoms with E-state index in [1.165, 1.54) is 5.01 Å². The maximum absolute atomic E-state index is 14.4. The van der Waals surface area contributed by atoms with Crippen molar-refractivity contribution in [1.82, 2.24) is 25.3 Å². The lowest BCUT2D eigenvalue weighted by Gasteiger charge is -2.35. The second kappa shape index (κ2) is 17.1. The number of nitrogens with zero attached hydrogens (tertiary/aromatic N) is 3. The Balaban J connectivity index is 1.35. The van der Waals surface area contributed by atoms with Gasteiger partial charge in [0.05, 0.1) is 24.1 Å². The average Bonchev–Trinajstić information content (AvgIpc) is 3.53. The summed E-state index contributed by atoms with van der Waals surface area (Å²) in [5.74, 6) is -1.07. The Labute approximate surface area is 340 Å². The first kappa shape index (κ1) is 40.7. The Morgan fingerprint density at radius 1 is 1.05 bits per heavy atom. The number of hydrogen-bond acceptors (Lipinski definition) is 8. The second-order valence-corrected chi connectivity index (χ2v) is 16.6. The molecule has 5 aromatic rings. The summed E-state index contributed by atoms with van der Waals surface area (Å²) in [5, 5.41) is 16.7. The number of hydrazine groups is 1. The summed E-state index contributed by atoms with van der Waals surface area (Å²) in [6.07, 6.45) is 3.51. The number of benzene rings is 3. The zero-order valence-corrected chi connectivity index (χ0v) is 34.4. The van der Waals surface area contributed by atoms with Crippen molar-refractivity contribution in [3.05, 3.63) is 107 Å². The van der Waals surface area contributed by atoms with Crippen LogP contribution in [0.25, 0.3) is 33.3 Å². The maximum atomic E-state index is 14.4. The number of phenolic OH excluding ortho intramolecular Hbond substituents is 1. The number of amides is 2. The third-order valence-electron chi connectivity index (χ3n) is 11.6. The van der Waals surface area contributed by atoms with Crippen LogP contribution in [0.3, 0.4) is 0 Å². The summed E-state index contributed by atoms with van der Waals surface area (Å²) in [5.41, 5.74) is 11.0. The van der Waals surface area contributed by atoms with Gasteiger partial charge in [-0.1, -0.05) is 63.2 Å². The van der Waals surface area contributed by atoms with Crippen molar-refractivity contribution < 1.29 is 29.0 Å². The van der Waals surface area contributed by atoms with Crippen LogP contribution in [0.4, 0.5) is 0 Å². The van der Waals surface area contributed by atoms with Gasteiger partial charge < -0.3 is 24.5 Å². The minimum Gasteiger partial charge on any atom is -0.508 e. The fourth-order valence-electron chi connectivity index (χ4n) is 8.50. The topological polar surface area (TPSA) is 135 Å². The highest BCUT2D eigenvalue weighted by Gasteiger charge is 2.35. The molecule has 2 aliphatic rings. The normalized spacial score (nSPS) is 19.6. The molecule has 7 rings (SSSR count). The maximum Gasteiger partial charge on any atom is 0.324 e. The van der Waals surface area contributed by atoms with Crippen LogP contribution in [-0.2, 0) is 43.2 Å². The van der Waals surface area contributed by atoms with Gasteiger partial charge in [-0.15, -0.1) is 0 Å². The summed E-state index contributed by atoms with van der Waals surface area (Å²) in [6, 6.07) is 23.8. The molecular formula is C47H55N5O6. The highest BCUT2D eigenvalue weighted by molar-refractivity contribution is 5.95. The molecular weight excluding hydrogens is 731 g/mol. The van der Waals surface area contributed by atoms with Crippen LogP contribution in [0.5, 0.6) is 5.75 Å². The Hall–Kier alpha value is -5.52. The third-order valence-corrected chi connectivity index (χ3v) is 11.6. The molecule has 6 bridgehead atoms. The molecule has 2 amide bonds. The summed E-state index contributed by atoms with van der Waals surface area (Å²) >= 11 is 0. The molecule has 58 heavy (non-hydrogen) atoms. The smallest absolute Gasteiger partial charge is 0.324 e. The number of phenols is 1. The molecule has 2 aliphatic heterocycles. The highest BCUT2D eigenvalue weighted by atomic mass is 16.5. The molecule has 4 heterocycles. The number of nitrogens with one attached hydrogen (secondary N) is 2. The minimum atomic E-state index is -0.969. The number of esters is 1. The van der Waals surface area contributed by atoms with Crippen LogP contribution in [0, 0.1) is 5.41 Å². The number of aromatic nitrogens is 2. The Morgan fingerprint density at radius 2 is 1.84 bits per heavy atom. The molecule has 0 spiro atoms. The van der Waals surface area contributed by atoms with Gasteiger partial charge in [0.1, 0.15) is 17.8 Å². The van der Waals surface area contributed by atoms with E-state index in [4.69, 9.17) is 14.5 Å². The van der Waals surface area contributed by atoms with Crippen molar-refractivity contribution in [2.24, 2.45) is 5.41 Å². The van der Waals surface area contributed by atoms with E-state index >= 15 is 0 Å². The van der Waals surface area contributed by atoms with E-state index in [2.05, 4.69) is 60.3 Å². The Bertz CT molecular complexity index is 2300. The van der Waals surface area contributed by atoms with Crippen LogP contribution < -0.4 is 10.7 Å². The number of methoxy groups -OCH3 is 1. The Morgan fingerprint density at radius 3 is 2.60 bits per heavy atom. The fraction of sp³-hybridized carbons (Fsp3) is 0.404. The zero-order chi connectivity index (χ0) is 41.1. The predicted molar refractivity (Wildman–Crippen MR) is 225 cm³/mol. The summed E-state index contributed by atoms with van der Waals surface area (Å²) in [4.78, 5) is 46.5. The van der Waals surface area contributed by atoms with Gasteiger partial charge in [-0.3, -0.25) is 24.4 Å². The van der Waals surface area contributed by atoms with Crippen molar-refractivity contribution in [1.29, 1.82) is 0 Å². The molecule has 0 radical (unpaired) electrons. The molecule has 304 valence electrons. The molecule has 4 atom stereocenters. The van der Waals surface area contributed by atoms with Crippen LogP contribution in [0.2, 0.25) is 0 Å². The Kier molecular flexibility index (Phi) is 12.0. The molecule has 1 saturated heterocycles. The quantitative estimate of drug-likeness (QED) is 0.137. The molecule has 3 aromatic carbocycles. The molecule has 11 heteroatoms. The minimum absolute atomic E-state index is 0.0536. The molecule has 1 unspecified atom stereocenters. The number of hydrogen-bond donors (Lipinski definition) is 3. The van der Waals surface area contributed by atoms with Crippen LogP contribution in [-0.4, -0.2) is 69.8 Å². The van der Waals surface area contributed by atoms with Gasteiger partial charge in [0, 0.05) is 61.1 Å². The average molecular weight is 786 g/mol. The van der Waals surface area contributed by atoms with Gasteiger partial charge in [0.2, 0.25) is 5.91 Å². The number of rotatable bonds is 8. The van der Waals surface area contributed by atoms with Crippen molar-refractivity contribution in [3.8, 4) is 28.1 Å². The van der Waals surface area contributed by atoms with Gasteiger partial charge in [0.15, 0.2) is 0 Å². The van der Waals surface area contributed by atoms with E-state index in [1.807, 2.05) is 56.3 Å². The number of fused-ring (bicyclic) bond motifs is 6. The van der Waals surface area contributed by atoms with E-state index in [1.54, 1.807) is 25.4 Å². The number of carbonyl (C=O) groups is 3. The molecule has 3 N–H and O–H groups in total. The van der Waals surface area contributed by atoms with E-state index in [9.17, 15) is 19.5 Å². The molecule has 0 saturated carbocycles. The van der Waals surface area contributed by atoms with Gasteiger partial charge in [-0.25, -0.2) is 5.43 Å². The van der Waals surface area contributed by atoms with Gasteiger partial charge in [-0.05, 0) is 103 Å². The first-order chi connectivity index (χ1) is 27.8. The molecule has 1 fully saturated rings. The number of pyridine rings is 1. The second-order valence-electron chi connectivity index (χ2n) is 16.6. The van der Waals surface area contributed by atoms with Crippen molar-refractivity contribution in [3.63, 3.8) is 0 Å². The first-order valence-electron chi connectivity index (χ1n) is 20.4. The van der Waals surface area contributed by atoms with E-state index in [-0.39, 0.29) is 49.0 Å². The number of carbonyl (C=O) groups excluding carboxylic acids is 3. The predicted octanol–water partition coefficient (Wildman–Crippen LogP) is 7.65. The third kappa shape index (κ3) is 8.66. The summed E-state index contributed by atoms with van der Waals surface area (Å²) in [7, 11) is 1.69. The van der Waals surface area contributed by atoms with E-state index < -0.39 is 23.5 Å². The molecule has 2 aromatic heterocycles. The SMILES string of the molecule is CCn1c(-c2cccnc2[C@H](C)OC)c2c3cc(ccc31)-c1cc(O)cc(c1)C[C@H](NC(=O)CC(C)c1ccccc1)C(=O)N1CCC[C@H](N1)C(=O)OCC(C)(C)C2. The molecule has 11 nitrogen and oxygen atoms in total. The lowest BCUT2D eigenvalue weighted by molar-refractivity contribution is -0.155. The molecule has 0 aliphatic carbocycles. The fourth-order valence-corrected chi connectivity index (χ4v) is 8.50. The number of ether oxygens (including phenoxy) is 2.